The van der Waals surface area contributed by atoms with E-state index < -0.39 is 5.79 Å². The highest BCUT2D eigenvalue weighted by Gasteiger charge is 2.45. The summed E-state index contributed by atoms with van der Waals surface area (Å²) < 4.78 is 24.9. The van der Waals surface area contributed by atoms with E-state index in [-0.39, 0.29) is 5.92 Å². The lowest BCUT2D eigenvalue weighted by molar-refractivity contribution is -0.187. The molecule has 3 aromatic carbocycles. The average Bonchev–Trinajstić information content (AvgIpc) is 3.36. The predicted octanol–water partition coefficient (Wildman–Crippen LogP) is 7.05. The summed E-state index contributed by atoms with van der Waals surface area (Å²) in [5, 5.41) is 0. The van der Waals surface area contributed by atoms with Crippen LogP contribution < -0.4 is 9.47 Å². The molecule has 0 N–H and O–H groups in total. The van der Waals surface area contributed by atoms with Gasteiger partial charge < -0.3 is 18.9 Å². The van der Waals surface area contributed by atoms with Gasteiger partial charge in [-0.15, -0.1) is 6.58 Å². The first-order valence-corrected chi connectivity index (χ1v) is 12.6. The fourth-order valence-electron chi connectivity index (χ4n) is 5.34. The number of hydrogen-bond donors (Lipinski definition) is 0. The number of allylic oxidation sites excluding steroid dienone is 1. The summed E-state index contributed by atoms with van der Waals surface area (Å²) in [5.74, 6) is 1.94. The third kappa shape index (κ3) is 5.77. The van der Waals surface area contributed by atoms with Gasteiger partial charge in [-0.3, -0.25) is 0 Å². The maximum Gasteiger partial charge on any atom is 0.169 e. The molecule has 1 aliphatic heterocycles. The maximum atomic E-state index is 6.46. The topological polar surface area (TPSA) is 36.9 Å². The second-order valence-corrected chi connectivity index (χ2v) is 9.49. The van der Waals surface area contributed by atoms with Crippen LogP contribution in [0.1, 0.15) is 48.3 Å². The minimum atomic E-state index is -0.471. The molecular weight excluding hydrogens is 436 g/mol. The van der Waals surface area contributed by atoms with Crippen molar-refractivity contribution in [2.24, 2.45) is 5.92 Å². The Labute approximate surface area is 208 Å². The van der Waals surface area contributed by atoms with Gasteiger partial charge >= 0.3 is 0 Å². The molecule has 1 saturated carbocycles. The summed E-state index contributed by atoms with van der Waals surface area (Å²) in [6.45, 7) is 6.39. The lowest BCUT2D eigenvalue weighted by Gasteiger charge is -2.41. The van der Waals surface area contributed by atoms with E-state index in [9.17, 15) is 0 Å². The molecule has 2 aliphatic rings. The Balaban J connectivity index is 1.43. The summed E-state index contributed by atoms with van der Waals surface area (Å²) in [5.41, 5.74) is 3.47. The van der Waals surface area contributed by atoms with Gasteiger partial charge in [-0.2, -0.15) is 0 Å². The molecule has 35 heavy (non-hydrogen) atoms. The molecule has 3 aromatic rings. The van der Waals surface area contributed by atoms with E-state index in [1.54, 1.807) is 0 Å². The third-order valence-corrected chi connectivity index (χ3v) is 7.15. The van der Waals surface area contributed by atoms with Gasteiger partial charge in [0.2, 0.25) is 0 Å². The van der Waals surface area contributed by atoms with Crippen molar-refractivity contribution in [1.29, 1.82) is 0 Å². The quantitative estimate of drug-likeness (QED) is 0.314. The lowest BCUT2D eigenvalue weighted by atomic mass is 9.71. The minimum Gasteiger partial charge on any atom is -0.489 e. The molecule has 5 rings (SSSR count). The van der Waals surface area contributed by atoms with Gasteiger partial charge in [0, 0.05) is 18.9 Å². The van der Waals surface area contributed by atoms with Crippen LogP contribution in [0.2, 0.25) is 0 Å². The fraction of sp³-hybridized carbons (Fsp3) is 0.355. The largest absolute Gasteiger partial charge is 0.489 e. The van der Waals surface area contributed by atoms with Gasteiger partial charge in [0.25, 0.3) is 0 Å². The summed E-state index contributed by atoms with van der Waals surface area (Å²) in [6, 6.07) is 26.8. The molecule has 1 heterocycles. The van der Waals surface area contributed by atoms with Crippen LogP contribution in [-0.4, -0.2) is 19.0 Å². The predicted molar refractivity (Wildman–Crippen MR) is 138 cm³/mol. The Morgan fingerprint density at radius 3 is 2.17 bits per heavy atom. The monoisotopic (exact) mass is 470 g/mol. The van der Waals surface area contributed by atoms with E-state index in [4.69, 9.17) is 18.9 Å². The zero-order valence-electron chi connectivity index (χ0n) is 20.2. The van der Waals surface area contributed by atoms with Crippen molar-refractivity contribution in [3.63, 3.8) is 0 Å². The van der Waals surface area contributed by atoms with Gasteiger partial charge in [-0.25, -0.2) is 0 Å². The van der Waals surface area contributed by atoms with Crippen LogP contribution in [-0.2, 0) is 22.7 Å². The van der Waals surface area contributed by atoms with Crippen LogP contribution in [0.5, 0.6) is 11.5 Å². The lowest BCUT2D eigenvalue weighted by Crippen LogP contribution is -2.39. The van der Waals surface area contributed by atoms with Crippen LogP contribution in [0.15, 0.2) is 91.5 Å². The Morgan fingerprint density at radius 2 is 1.51 bits per heavy atom. The molecule has 2 atom stereocenters. The number of rotatable bonds is 9. The molecule has 0 radical (unpaired) electrons. The van der Waals surface area contributed by atoms with Gasteiger partial charge in [0.1, 0.15) is 24.7 Å². The highest BCUT2D eigenvalue weighted by molar-refractivity contribution is 5.44. The van der Waals surface area contributed by atoms with Crippen LogP contribution in [0.4, 0.5) is 0 Å². The van der Waals surface area contributed by atoms with E-state index in [1.165, 1.54) is 5.56 Å². The Hall–Kier alpha value is -3.08. The highest BCUT2D eigenvalue weighted by atomic mass is 16.7. The van der Waals surface area contributed by atoms with Crippen LogP contribution in [0.25, 0.3) is 0 Å². The van der Waals surface area contributed by atoms with E-state index in [2.05, 4.69) is 43.0 Å². The first-order valence-electron chi connectivity index (χ1n) is 12.6. The van der Waals surface area contributed by atoms with Crippen LogP contribution >= 0.6 is 0 Å². The zero-order valence-corrected chi connectivity index (χ0v) is 20.2. The van der Waals surface area contributed by atoms with Crippen LogP contribution in [0.3, 0.4) is 0 Å². The van der Waals surface area contributed by atoms with Gasteiger partial charge in [-0.1, -0.05) is 72.8 Å². The van der Waals surface area contributed by atoms with Crippen LogP contribution in [0, 0.1) is 5.92 Å². The Morgan fingerprint density at radius 1 is 0.857 bits per heavy atom. The molecule has 4 nitrogen and oxygen atoms in total. The molecule has 182 valence electrons. The average molecular weight is 471 g/mol. The Bertz CT molecular complexity index is 1090. The van der Waals surface area contributed by atoms with Crippen molar-refractivity contribution in [2.45, 2.75) is 50.6 Å². The highest BCUT2D eigenvalue weighted by Crippen LogP contribution is 2.50. The van der Waals surface area contributed by atoms with Crippen molar-refractivity contribution in [2.75, 3.05) is 13.2 Å². The van der Waals surface area contributed by atoms with Gasteiger partial charge in [-0.05, 0) is 47.4 Å². The van der Waals surface area contributed by atoms with Crippen molar-refractivity contribution in [1.82, 2.24) is 0 Å². The molecule has 0 amide bonds. The molecule has 2 fully saturated rings. The second kappa shape index (κ2) is 11.1. The molecule has 0 aromatic heterocycles. The molecule has 0 bridgehead atoms. The summed E-state index contributed by atoms with van der Waals surface area (Å²) >= 11 is 0. The molecule has 1 aliphatic carbocycles. The molecule has 1 spiro atoms. The Kier molecular flexibility index (Phi) is 7.51. The SMILES string of the molecule is C=CC[C@H]1CCC2(C[C@@H]1c1ccc(OCc3ccccc3)cc1OCc1ccccc1)OCCO2. The van der Waals surface area contributed by atoms with Crippen molar-refractivity contribution < 1.29 is 18.9 Å². The number of benzene rings is 3. The molecule has 0 unspecified atom stereocenters. The van der Waals surface area contributed by atoms with E-state index in [0.717, 1.165) is 48.3 Å². The second-order valence-electron chi connectivity index (χ2n) is 9.49. The summed E-state index contributed by atoms with van der Waals surface area (Å²) in [4.78, 5) is 0. The number of ether oxygens (including phenoxy) is 4. The minimum absolute atomic E-state index is 0.258. The van der Waals surface area contributed by atoms with Gasteiger partial charge in [0.15, 0.2) is 5.79 Å². The molecule has 4 heteroatoms. The van der Waals surface area contributed by atoms with E-state index in [1.807, 2.05) is 48.5 Å². The van der Waals surface area contributed by atoms with E-state index >= 15 is 0 Å². The summed E-state index contributed by atoms with van der Waals surface area (Å²) in [7, 11) is 0. The van der Waals surface area contributed by atoms with E-state index in [0.29, 0.717) is 32.3 Å². The fourth-order valence-corrected chi connectivity index (χ4v) is 5.34. The normalized spacial score (nSPS) is 21.0. The standard InChI is InChI=1S/C31H34O4/c1-2-9-26-16-17-31(34-18-19-35-31)21-29(26)28-15-14-27(32-22-24-10-5-3-6-11-24)20-30(28)33-23-25-12-7-4-8-13-25/h2-8,10-15,20,26,29H,1,9,16-19,21-23H2/t26-,29-/m0/s1. The van der Waals surface area contributed by atoms with Gasteiger partial charge in [0.05, 0.1) is 13.2 Å². The first-order chi connectivity index (χ1) is 17.2. The van der Waals surface area contributed by atoms with Crippen molar-refractivity contribution in [3.8, 4) is 11.5 Å². The zero-order chi connectivity index (χ0) is 23.9. The third-order valence-electron chi connectivity index (χ3n) is 7.15. The first kappa shape index (κ1) is 23.7. The van der Waals surface area contributed by atoms with Crippen molar-refractivity contribution >= 4 is 0 Å². The molecule has 1 saturated heterocycles. The summed E-state index contributed by atoms with van der Waals surface area (Å²) in [6.07, 6.45) is 5.80. The number of hydrogen-bond acceptors (Lipinski definition) is 4. The van der Waals surface area contributed by atoms with Crippen molar-refractivity contribution in [3.05, 3.63) is 108 Å². The maximum absolute atomic E-state index is 6.46. The smallest absolute Gasteiger partial charge is 0.169 e. The molecular formula is C31H34O4.